The summed E-state index contributed by atoms with van der Waals surface area (Å²) in [6.45, 7) is 1.58. The zero-order chi connectivity index (χ0) is 14.7. The first-order chi connectivity index (χ1) is 10.3. The molecule has 2 fully saturated rings. The average molecular weight is 291 g/mol. The molecular formula is C15H25N5O. The lowest BCUT2D eigenvalue weighted by Gasteiger charge is -2.30. The number of aromatic nitrogens is 3. The van der Waals surface area contributed by atoms with Crippen LogP contribution in [0.1, 0.15) is 50.6 Å². The Bertz CT molecular complexity index is 476. The molecule has 0 radical (unpaired) electrons. The Kier molecular flexibility index (Phi) is 4.53. The van der Waals surface area contributed by atoms with E-state index in [1.54, 1.807) is 10.9 Å². The molecule has 0 saturated heterocycles. The van der Waals surface area contributed by atoms with Crippen molar-refractivity contribution in [1.82, 2.24) is 19.9 Å². The van der Waals surface area contributed by atoms with E-state index in [-0.39, 0.29) is 12.5 Å². The molecule has 21 heavy (non-hydrogen) atoms. The fourth-order valence-electron chi connectivity index (χ4n) is 3.23. The van der Waals surface area contributed by atoms with Crippen LogP contribution in [0.5, 0.6) is 0 Å². The van der Waals surface area contributed by atoms with Crippen molar-refractivity contribution in [2.75, 3.05) is 6.54 Å². The number of hydrogen-bond acceptors (Lipinski definition) is 4. The van der Waals surface area contributed by atoms with Crippen molar-refractivity contribution in [3.8, 4) is 0 Å². The largest absolute Gasteiger partial charge is 0.338 e. The molecule has 1 aromatic rings. The van der Waals surface area contributed by atoms with Gasteiger partial charge >= 0.3 is 0 Å². The van der Waals surface area contributed by atoms with Crippen molar-refractivity contribution in [1.29, 1.82) is 0 Å². The van der Waals surface area contributed by atoms with Crippen molar-refractivity contribution in [3.63, 3.8) is 0 Å². The number of hydrogen-bond donors (Lipinski definition) is 1. The summed E-state index contributed by atoms with van der Waals surface area (Å²) in [6.07, 6.45) is 10.6. The van der Waals surface area contributed by atoms with Crippen LogP contribution in [0.15, 0.2) is 6.20 Å². The van der Waals surface area contributed by atoms with Crippen molar-refractivity contribution in [2.24, 2.45) is 11.7 Å². The van der Waals surface area contributed by atoms with Gasteiger partial charge in [-0.2, -0.15) is 0 Å². The highest BCUT2D eigenvalue weighted by atomic mass is 16.2. The molecule has 116 valence electrons. The minimum Gasteiger partial charge on any atom is -0.338 e. The molecule has 6 heteroatoms. The second-order valence-corrected chi connectivity index (χ2v) is 6.39. The highest BCUT2D eigenvalue weighted by Gasteiger charge is 2.34. The maximum atomic E-state index is 12.6. The Balaban J connectivity index is 1.58. The van der Waals surface area contributed by atoms with E-state index in [1.165, 1.54) is 32.1 Å². The van der Waals surface area contributed by atoms with Crippen LogP contribution in [0.4, 0.5) is 0 Å². The van der Waals surface area contributed by atoms with Gasteiger partial charge in [0.1, 0.15) is 6.54 Å². The molecule has 1 amide bonds. The van der Waals surface area contributed by atoms with Gasteiger partial charge in [0.15, 0.2) is 0 Å². The van der Waals surface area contributed by atoms with Crippen LogP contribution in [0, 0.1) is 5.92 Å². The van der Waals surface area contributed by atoms with Gasteiger partial charge in [0.05, 0.1) is 11.9 Å². The van der Waals surface area contributed by atoms with Gasteiger partial charge in [-0.15, -0.1) is 5.10 Å². The van der Waals surface area contributed by atoms with Crippen molar-refractivity contribution in [3.05, 3.63) is 11.9 Å². The van der Waals surface area contributed by atoms with E-state index in [1.807, 2.05) is 0 Å². The lowest BCUT2D eigenvalue weighted by molar-refractivity contribution is -0.133. The topological polar surface area (TPSA) is 77.0 Å². The molecule has 2 aliphatic rings. The number of nitrogens with two attached hydrogens (primary N) is 1. The van der Waals surface area contributed by atoms with Gasteiger partial charge in [-0.25, -0.2) is 4.68 Å². The van der Waals surface area contributed by atoms with Gasteiger partial charge in [-0.3, -0.25) is 4.79 Å². The molecule has 3 rings (SSSR count). The third-order valence-electron chi connectivity index (χ3n) is 4.58. The van der Waals surface area contributed by atoms with E-state index in [9.17, 15) is 4.79 Å². The predicted molar refractivity (Wildman–Crippen MR) is 79.2 cm³/mol. The van der Waals surface area contributed by atoms with Gasteiger partial charge in [0, 0.05) is 19.1 Å². The van der Waals surface area contributed by atoms with Crippen LogP contribution in [-0.4, -0.2) is 38.4 Å². The van der Waals surface area contributed by atoms with Gasteiger partial charge in [-0.05, 0) is 31.6 Å². The summed E-state index contributed by atoms with van der Waals surface area (Å²) in [5.41, 5.74) is 6.25. The Labute approximate surface area is 125 Å². The lowest BCUT2D eigenvalue weighted by Crippen LogP contribution is -2.39. The van der Waals surface area contributed by atoms with Crippen molar-refractivity contribution >= 4 is 5.91 Å². The van der Waals surface area contributed by atoms with Crippen molar-refractivity contribution in [2.45, 2.75) is 64.1 Å². The second kappa shape index (κ2) is 6.56. The first-order valence-electron chi connectivity index (χ1n) is 8.15. The normalized spacial score (nSPS) is 19.7. The molecule has 0 unspecified atom stereocenters. The monoisotopic (exact) mass is 291 g/mol. The van der Waals surface area contributed by atoms with Gasteiger partial charge < -0.3 is 10.6 Å². The molecular weight excluding hydrogens is 266 g/mol. The van der Waals surface area contributed by atoms with Crippen LogP contribution in [0.2, 0.25) is 0 Å². The molecule has 2 aliphatic carbocycles. The van der Waals surface area contributed by atoms with E-state index in [4.69, 9.17) is 5.73 Å². The van der Waals surface area contributed by atoms with Crippen LogP contribution in [0.25, 0.3) is 0 Å². The summed E-state index contributed by atoms with van der Waals surface area (Å²) >= 11 is 0. The second-order valence-electron chi connectivity index (χ2n) is 6.39. The third kappa shape index (κ3) is 3.81. The minimum absolute atomic E-state index is 0.177. The summed E-state index contributed by atoms with van der Waals surface area (Å²) in [5, 5.41) is 7.92. The Hall–Kier alpha value is -1.43. The maximum Gasteiger partial charge on any atom is 0.244 e. The SMILES string of the molecule is NCc1cn(CC(=O)N(CC2CCCCC2)C2CC2)nn1. The Morgan fingerprint density at radius 2 is 2.05 bits per heavy atom. The molecule has 0 atom stereocenters. The van der Waals surface area contributed by atoms with Gasteiger partial charge in [0.25, 0.3) is 0 Å². The minimum atomic E-state index is 0.177. The highest BCUT2D eigenvalue weighted by Crippen LogP contribution is 2.31. The smallest absolute Gasteiger partial charge is 0.244 e. The standard InChI is InChI=1S/C15H25N5O/c16-8-13-10-19(18-17-13)11-15(21)20(14-6-7-14)9-12-4-2-1-3-5-12/h10,12,14H,1-9,11,16H2. The predicted octanol–water partition coefficient (Wildman–Crippen LogP) is 1.31. The maximum absolute atomic E-state index is 12.6. The number of amides is 1. The van der Waals surface area contributed by atoms with E-state index >= 15 is 0 Å². The number of carbonyl (C=O) groups excluding carboxylic acids is 1. The van der Waals surface area contributed by atoms with Crippen LogP contribution in [-0.2, 0) is 17.9 Å². The fraction of sp³-hybridized carbons (Fsp3) is 0.800. The average Bonchev–Trinajstić information content (AvgIpc) is 3.25. The number of rotatable bonds is 6. The summed E-state index contributed by atoms with van der Waals surface area (Å²) in [5.74, 6) is 0.871. The molecule has 6 nitrogen and oxygen atoms in total. The quantitative estimate of drug-likeness (QED) is 0.857. The van der Waals surface area contributed by atoms with Crippen LogP contribution in [0.3, 0.4) is 0 Å². The number of nitrogens with zero attached hydrogens (tertiary/aromatic N) is 4. The summed E-state index contributed by atoms with van der Waals surface area (Å²) in [4.78, 5) is 14.7. The molecule has 0 aromatic carbocycles. The van der Waals surface area contributed by atoms with E-state index in [2.05, 4.69) is 15.2 Å². The van der Waals surface area contributed by atoms with Crippen molar-refractivity contribution < 1.29 is 4.79 Å². The van der Waals surface area contributed by atoms with E-state index < -0.39 is 0 Å². The summed E-state index contributed by atoms with van der Waals surface area (Å²) in [6, 6.07) is 0.469. The molecule has 0 aliphatic heterocycles. The van der Waals surface area contributed by atoms with Gasteiger partial charge in [0.2, 0.25) is 5.91 Å². The van der Waals surface area contributed by atoms with Gasteiger partial charge in [-0.1, -0.05) is 24.5 Å². The lowest BCUT2D eigenvalue weighted by atomic mass is 9.89. The zero-order valence-corrected chi connectivity index (χ0v) is 12.6. The molecule has 2 saturated carbocycles. The fourth-order valence-corrected chi connectivity index (χ4v) is 3.23. The van der Waals surface area contributed by atoms with Crippen LogP contribution < -0.4 is 5.73 Å². The first-order valence-corrected chi connectivity index (χ1v) is 8.15. The summed E-state index contributed by atoms with van der Waals surface area (Å²) < 4.78 is 1.61. The molecule has 2 N–H and O–H groups in total. The Morgan fingerprint density at radius 3 is 2.67 bits per heavy atom. The van der Waals surface area contributed by atoms with E-state index in [0.717, 1.165) is 25.1 Å². The molecule has 0 spiro atoms. The first kappa shape index (κ1) is 14.5. The van der Waals surface area contributed by atoms with E-state index in [0.29, 0.717) is 18.5 Å². The third-order valence-corrected chi connectivity index (χ3v) is 4.58. The van der Waals surface area contributed by atoms with Crippen LogP contribution >= 0.6 is 0 Å². The zero-order valence-electron chi connectivity index (χ0n) is 12.6. The Morgan fingerprint density at radius 1 is 1.29 bits per heavy atom. The molecule has 1 heterocycles. The highest BCUT2D eigenvalue weighted by molar-refractivity contribution is 5.76. The molecule has 1 aromatic heterocycles. The molecule has 0 bridgehead atoms. The summed E-state index contributed by atoms with van der Waals surface area (Å²) in [7, 11) is 0. The number of carbonyl (C=O) groups is 1.